The van der Waals surface area contributed by atoms with Crippen molar-refractivity contribution in [3.8, 4) is 0 Å². The monoisotopic (exact) mass is 287 g/mol. The summed E-state index contributed by atoms with van der Waals surface area (Å²) in [4.78, 5) is 0. The summed E-state index contributed by atoms with van der Waals surface area (Å²) in [6.07, 6.45) is 12.2. The second-order valence-electron chi connectivity index (χ2n) is 6.85. The fourth-order valence-corrected chi connectivity index (χ4v) is 4.20. The smallest absolute Gasteiger partial charge is 0.0687 e. The molecule has 2 fully saturated rings. The fourth-order valence-electron chi connectivity index (χ4n) is 4.20. The highest BCUT2D eigenvalue weighted by atomic mass is 16.5. The van der Waals surface area contributed by atoms with Crippen LogP contribution in [0.25, 0.3) is 0 Å². The van der Waals surface area contributed by atoms with Crippen LogP contribution >= 0.6 is 0 Å². The molecular weight excluding hydrogens is 258 g/mol. The van der Waals surface area contributed by atoms with Gasteiger partial charge in [-0.05, 0) is 57.6 Å². The summed E-state index contributed by atoms with van der Waals surface area (Å²) in [6.45, 7) is 0. The topological polar surface area (TPSA) is 21.3 Å². The van der Waals surface area contributed by atoms with Crippen LogP contribution < -0.4 is 5.32 Å². The molecule has 1 aromatic rings. The summed E-state index contributed by atoms with van der Waals surface area (Å²) in [5.41, 5.74) is 1.70. The molecule has 1 N–H and O–H groups in total. The third-order valence-corrected chi connectivity index (χ3v) is 5.42. The highest BCUT2D eigenvalue weighted by molar-refractivity contribution is 5.18. The predicted octanol–water partition coefficient (Wildman–Crippen LogP) is 4.61. The van der Waals surface area contributed by atoms with Crippen LogP contribution in [0.3, 0.4) is 0 Å². The summed E-state index contributed by atoms with van der Waals surface area (Å²) >= 11 is 0. The van der Waals surface area contributed by atoms with Gasteiger partial charge in [-0.1, -0.05) is 43.2 Å². The van der Waals surface area contributed by atoms with Crippen LogP contribution in [0, 0.1) is 0 Å². The van der Waals surface area contributed by atoms with Crippen LogP contribution in [0.15, 0.2) is 30.3 Å². The van der Waals surface area contributed by atoms with Gasteiger partial charge in [0.2, 0.25) is 0 Å². The number of hydrogen-bond acceptors (Lipinski definition) is 2. The van der Waals surface area contributed by atoms with Crippen molar-refractivity contribution in [3.63, 3.8) is 0 Å². The summed E-state index contributed by atoms with van der Waals surface area (Å²) in [5, 5.41) is 3.45. The van der Waals surface area contributed by atoms with Gasteiger partial charge in [-0.15, -0.1) is 0 Å². The van der Waals surface area contributed by atoms with E-state index in [0.717, 1.165) is 0 Å². The molecule has 2 aliphatic rings. The van der Waals surface area contributed by atoms with Gasteiger partial charge >= 0.3 is 0 Å². The van der Waals surface area contributed by atoms with Gasteiger partial charge in [0.05, 0.1) is 11.7 Å². The maximum atomic E-state index is 6.41. The molecule has 1 heterocycles. The van der Waals surface area contributed by atoms with Crippen molar-refractivity contribution in [1.82, 2.24) is 5.32 Å². The molecular formula is C19H29NO. The first kappa shape index (κ1) is 15.1. The molecule has 0 amide bonds. The van der Waals surface area contributed by atoms with Gasteiger partial charge in [-0.2, -0.15) is 0 Å². The van der Waals surface area contributed by atoms with Crippen molar-refractivity contribution in [1.29, 1.82) is 0 Å². The average Bonchev–Trinajstić information content (AvgIpc) is 3.15. The van der Waals surface area contributed by atoms with Crippen LogP contribution in [0.4, 0.5) is 0 Å². The SMILES string of the molecule is CNC(CCCC1CCC2(CCCC2)O1)c1ccccc1. The van der Waals surface area contributed by atoms with Crippen molar-refractivity contribution < 1.29 is 4.74 Å². The Labute approximate surface area is 129 Å². The second kappa shape index (κ2) is 6.93. The molecule has 2 atom stereocenters. The molecule has 1 aromatic carbocycles. The third kappa shape index (κ3) is 3.67. The van der Waals surface area contributed by atoms with Crippen molar-refractivity contribution in [2.75, 3.05) is 7.05 Å². The number of hydrogen-bond donors (Lipinski definition) is 1. The average molecular weight is 287 g/mol. The van der Waals surface area contributed by atoms with Crippen molar-refractivity contribution in [2.45, 2.75) is 75.5 Å². The normalized spacial score (nSPS) is 25.5. The summed E-state index contributed by atoms with van der Waals surface area (Å²) < 4.78 is 6.41. The van der Waals surface area contributed by atoms with Gasteiger partial charge in [0.1, 0.15) is 0 Å². The van der Waals surface area contributed by atoms with Gasteiger partial charge < -0.3 is 10.1 Å². The van der Waals surface area contributed by atoms with E-state index in [9.17, 15) is 0 Å². The third-order valence-electron chi connectivity index (χ3n) is 5.42. The lowest BCUT2D eigenvalue weighted by molar-refractivity contribution is -0.0396. The Morgan fingerprint density at radius 1 is 1.19 bits per heavy atom. The van der Waals surface area contributed by atoms with E-state index in [0.29, 0.717) is 17.7 Å². The van der Waals surface area contributed by atoms with Gasteiger partial charge in [0.25, 0.3) is 0 Å². The Morgan fingerprint density at radius 2 is 1.95 bits per heavy atom. The zero-order valence-electron chi connectivity index (χ0n) is 13.3. The van der Waals surface area contributed by atoms with Crippen LogP contribution in [0.1, 0.15) is 69.4 Å². The lowest BCUT2D eigenvalue weighted by atomic mass is 9.97. The maximum Gasteiger partial charge on any atom is 0.0687 e. The van der Waals surface area contributed by atoms with E-state index >= 15 is 0 Å². The number of ether oxygens (including phenoxy) is 1. The molecule has 116 valence electrons. The number of benzene rings is 1. The molecule has 0 bridgehead atoms. The minimum Gasteiger partial charge on any atom is -0.372 e. The Morgan fingerprint density at radius 3 is 2.67 bits per heavy atom. The Balaban J connectivity index is 1.43. The van der Waals surface area contributed by atoms with Crippen LogP contribution in [0.2, 0.25) is 0 Å². The van der Waals surface area contributed by atoms with E-state index in [2.05, 4.69) is 42.7 Å². The molecule has 21 heavy (non-hydrogen) atoms. The molecule has 0 radical (unpaired) electrons. The quantitative estimate of drug-likeness (QED) is 0.825. The highest BCUT2D eigenvalue weighted by Crippen LogP contribution is 2.44. The minimum absolute atomic E-state index is 0.298. The predicted molar refractivity (Wildman–Crippen MR) is 87.4 cm³/mol. The Kier molecular flexibility index (Phi) is 4.97. The molecule has 2 heteroatoms. The number of nitrogens with one attached hydrogen (secondary N) is 1. The van der Waals surface area contributed by atoms with Gasteiger partial charge in [-0.25, -0.2) is 0 Å². The maximum absolute atomic E-state index is 6.41. The standard InChI is InChI=1S/C19H29NO/c1-20-18(16-8-3-2-4-9-16)11-7-10-17-12-15-19(21-17)13-5-6-14-19/h2-4,8-9,17-18,20H,5-7,10-15H2,1H3. The first-order chi connectivity index (χ1) is 10.3. The van der Waals surface area contributed by atoms with E-state index in [1.165, 1.54) is 63.4 Å². The van der Waals surface area contributed by atoms with E-state index in [1.54, 1.807) is 0 Å². The molecule has 1 saturated carbocycles. The van der Waals surface area contributed by atoms with Crippen LogP contribution in [0.5, 0.6) is 0 Å². The van der Waals surface area contributed by atoms with Crippen molar-refractivity contribution >= 4 is 0 Å². The summed E-state index contributed by atoms with van der Waals surface area (Å²) in [6, 6.07) is 11.3. The minimum atomic E-state index is 0.298. The largest absolute Gasteiger partial charge is 0.372 e. The van der Waals surface area contributed by atoms with Gasteiger partial charge in [-0.3, -0.25) is 0 Å². The lowest BCUT2D eigenvalue weighted by Crippen LogP contribution is -2.25. The van der Waals surface area contributed by atoms with Gasteiger partial charge in [0.15, 0.2) is 0 Å². The lowest BCUT2D eigenvalue weighted by Gasteiger charge is -2.24. The van der Waals surface area contributed by atoms with Gasteiger partial charge in [0, 0.05) is 6.04 Å². The number of rotatable bonds is 6. The first-order valence-electron chi connectivity index (χ1n) is 8.71. The molecule has 2 unspecified atom stereocenters. The summed E-state index contributed by atoms with van der Waals surface area (Å²) in [5.74, 6) is 0. The van der Waals surface area contributed by atoms with Crippen molar-refractivity contribution in [2.24, 2.45) is 0 Å². The molecule has 1 spiro atoms. The zero-order valence-corrected chi connectivity index (χ0v) is 13.3. The fraction of sp³-hybridized carbons (Fsp3) is 0.684. The highest BCUT2D eigenvalue weighted by Gasteiger charge is 2.41. The van der Waals surface area contributed by atoms with E-state index in [-0.39, 0.29) is 0 Å². The van der Waals surface area contributed by atoms with E-state index < -0.39 is 0 Å². The molecule has 3 rings (SSSR count). The molecule has 1 saturated heterocycles. The Hall–Kier alpha value is -0.860. The van der Waals surface area contributed by atoms with E-state index in [4.69, 9.17) is 4.74 Å². The van der Waals surface area contributed by atoms with E-state index in [1.807, 2.05) is 0 Å². The molecule has 2 nitrogen and oxygen atoms in total. The van der Waals surface area contributed by atoms with Crippen molar-refractivity contribution in [3.05, 3.63) is 35.9 Å². The second-order valence-corrected chi connectivity index (χ2v) is 6.85. The molecule has 1 aliphatic heterocycles. The zero-order chi connectivity index (χ0) is 14.5. The molecule has 0 aromatic heterocycles. The Bertz CT molecular complexity index is 424. The molecule has 1 aliphatic carbocycles. The van der Waals surface area contributed by atoms with Crippen LogP contribution in [-0.4, -0.2) is 18.8 Å². The first-order valence-corrected chi connectivity index (χ1v) is 8.71. The van der Waals surface area contributed by atoms with Crippen LogP contribution in [-0.2, 0) is 4.74 Å². The summed E-state index contributed by atoms with van der Waals surface area (Å²) in [7, 11) is 2.07.